The van der Waals surface area contributed by atoms with Gasteiger partial charge in [0, 0.05) is 19.2 Å². The first-order valence-electron chi connectivity index (χ1n) is 5.95. The van der Waals surface area contributed by atoms with Crippen molar-refractivity contribution < 1.29 is 12.8 Å². The highest BCUT2D eigenvalue weighted by atomic mass is 32.2. The second kappa shape index (κ2) is 5.18. The van der Waals surface area contributed by atoms with E-state index in [0.717, 1.165) is 17.0 Å². The molecule has 0 unspecified atom stereocenters. The van der Waals surface area contributed by atoms with E-state index in [-0.39, 0.29) is 4.90 Å². The highest BCUT2D eigenvalue weighted by Gasteiger charge is 2.13. The van der Waals surface area contributed by atoms with Crippen LogP contribution in [0.5, 0.6) is 0 Å². The second-order valence-electron chi connectivity index (χ2n) is 4.62. The molecule has 2 rings (SSSR count). The molecular formula is C13H17N3O3S. The first-order chi connectivity index (χ1) is 9.29. The predicted molar refractivity (Wildman–Crippen MR) is 77.8 cm³/mol. The zero-order valence-corrected chi connectivity index (χ0v) is 12.1. The van der Waals surface area contributed by atoms with Crippen LogP contribution in [0.1, 0.15) is 11.3 Å². The zero-order chi connectivity index (χ0) is 14.9. The van der Waals surface area contributed by atoms with Crippen molar-refractivity contribution in [2.24, 2.45) is 5.14 Å². The van der Waals surface area contributed by atoms with E-state index in [9.17, 15) is 8.42 Å². The lowest BCUT2D eigenvalue weighted by atomic mass is 10.2. The number of aryl methyl sites for hydroxylation is 1. The second-order valence-corrected chi connectivity index (χ2v) is 6.19. The Balaban J connectivity index is 2.27. The molecule has 0 radical (unpaired) electrons. The fourth-order valence-electron chi connectivity index (χ4n) is 1.97. The molecule has 7 heteroatoms. The summed E-state index contributed by atoms with van der Waals surface area (Å²) in [4.78, 5) is 1.92. The van der Waals surface area contributed by atoms with Crippen LogP contribution in [-0.2, 0) is 16.6 Å². The van der Waals surface area contributed by atoms with Gasteiger partial charge in [-0.2, -0.15) is 0 Å². The van der Waals surface area contributed by atoms with Gasteiger partial charge in [0.05, 0.1) is 22.5 Å². The molecule has 0 saturated heterocycles. The van der Waals surface area contributed by atoms with Crippen molar-refractivity contribution >= 4 is 21.4 Å². The van der Waals surface area contributed by atoms with Crippen LogP contribution in [0.4, 0.5) is 11.4 Å². The highest BCUT2D eigenvalue weighted by molar-refractivity contribution is 7.89. The normalized spacial score (nSPS) is 11.6. The molecular weight excluding hydrogens is 278 g/mol. The molecule has 0 atom stereocenters. The van der Waals surface area contributed by atoms with Gasteiger partial charge in [-0.05, 0) is 31.2 Å². The van der Waals surface area contributed by atoms with Gasteiger partial charge in [-0.25, -0.2) is 13.6 Å². The monoisotopic (exact) mass is 295 g/mol. The van der Waals surface area contributed by atoms with Gasteiger partial charge in [0.25, 0.3) is 0 Å². The van der Waals surface area contributed by atoms with Gasteiger partial charge < -0.3 is 15.1 Å². The van der Waals surface area contributed by atoms with E-state index < -0.39 is 10.0 Å². The van der Waals surface area contributed by atoms with E-state index in [0.29, 0.717) is 12.2 Å². The van der Waals surface area contributed by atoms with Crippen molar-refractivity contribution in [2.45, 2.75) is 18.4 Å². The summed E-state index contributed by atoms with van der Waals surface area (Å²) < 4.78 is 27.8. The Morgan fingerprint density at radius 2 is 2.00 bits per heavy atom. The van der Waals surface area contributed by atoms with Crippen molar-refractivity contribution in [3.05, 3.63) is 41.9 Å². The van der Waals surface area contributed by atoms with Crippen molar-refractivity contribution in [3.63, 3.8) is 0 Å². The molecule has 4 N–H and O–H groups in total. The molecule has 2 aromatic rings. The number of benzene rings is 1. The summed E-state index contributed by atoms with van der Waals surface area (Å²) in [6.07, 6.45) is 1.63. The summed E-state index contributed by atoms with van der Waals surface area (Å²) in [6.45, 7) is 2.50. The van der Waals surface area contributed by atoms with Crippen LogP contribution in [0.25, 0.3) is 0 Å². The van der Waals surface area contributed by atoms with Crippen LogP contribution < -0.4 is 15.8 Å². The van der Waals surface area contributed by atoms with Crippen LogP contribution in [0, 0.1) is 6.92 Å². The Morgan fingerprint density at radius 3 is 2.50 bits per heavy atom. The molecule has 20 heavy (non-hydrogen) atoms. The number of furan rings is 1. The van der Waals surface area contributed by atoms with E-state index in [2.05, 4.69) is 0 Å². The summed E-state index contributed by atoms with van der Waals surface area (Å²) in [5.74, 6) is 0.844. The molecule has 0 aliphatic heterocycles. The van der Waals surface area contributed by atoms with Gasteiger partial charge in [-0.3, -0.25) is 0 Å². The average Bonchev–Trinajstić information content (AvgIpc) is 2.73. The van der Waals surface area contributed by atoms with Crippen LogP contribution >= 0.6 is 0 Å². The maximum atomic E-state index is 11.3. The van der Waals surface area contributed by atoms with Crippen molar-refractivity contribution in [1.82, 2.24) is 0 Å². The van der Waals surface area contributed by atoms with Gasteiger partial charge in [0.15, 0.2) is 0 Å². The van der Waals surface area contributed by atoms with Gasteiger partial charge in [-0.1, -0.05) is 0 Å². The first-order valence-corrected chi connectivity index (χ1v) is 7.50. The standard InChI is InChI=1S/C13H17N3O3S/c1-9-10(5-6-19-9)8-16(2)13-4-3-11(7-12(13)14)20(15,17)18/h3-7H,8,14H2,1-2H3,(H2,15,17,18). The SMILES string of the molecule is Cc1occc1CN(C)c1ccc(S(N)(=O)=O)cc1N. The van der Waals surface area contributed by atoms with E-state index >= 15 is 0 Å². The fraction of sp³-hybridized carbons (Fsp3) is 0.231. The van der Waals surface area contributed by atoms with Gasteiger partial charge >= 0.3 is 0 Å². The minimum Gasteiger partial charge on any atom is -0.469 e. The Bertz CT molecular complexity index is 722. The summed E-state index contributed by atoms with van der Waals surface area (Å²) >= 11 is 0. The number of nitrogen functional groups attached to an aromatic ring is 1. The van der Waals surface area contributed by atoms with Crippen LogP contribution in [0.15, 0.2) is 39.8 Å². The van der Waals surface area contributed by atoms with E-state index in [1.165, 1.54) is 12.1 Å². The summed E-state index contributed by atoms with van der Waals surface area (Å²) in [5.41, 5.74) is 8.04. The summed E-state index contributed by atoms with van der Waals surface area (Å²) in [7, 11) is -1.87. The lowest BCUT2D eigenvalue weighted by Gasteiger charge is -2.21. The largest absolute Gasteiger partial charge is 0.469 e. The Kier molecular flexibility index (Phi) is 3.74. The molecule has 0 amide bonds. The first kappa shape index (κ1) is 14.4. The van der Waals surface area contributed by atoms with Gasteiger partial charge in [0.2, 0.25) is 10.0 Å². The molecule has 1 aromatic heterocycles. The molecule has 0 aliphatic carbocycles. The van der Waals surface area contributed by atoms with Gasteiger partial charge in [-0.15, -0.1) is 0 Å². The number of nitrogens with zero attached hydrogens (tertiary/aromatic N) is 1. The third-order valence-corrected chi connectivity index (χ3v) is 4.02. The van der Waals surface area contributed by atoms with Crippen molar-refractivity contribution in [2.75, 3.05) is 17.7 Å². The molecule has 108 valence electrons. The molecule has 6 nitrogen and oxygen atoms in total. The molecule has 0 bridgehead atoms. The highest BCUT2D eigenvalue weighted by Crippen LogP contribution is 2.26. The number of sulfonamides is 1. The van der Waals surface area contributed by atoms with Crippen LogP contribution in [-0.4, -0.2) is 15.5 Å². The van der Waals surface area contributed by atoms with E-state index in [1.54, 1.807) is 12.3 Å². The lowest BCUT2D eigenvalue weighted by molar-refractivity contribution is 0.529. The molecule has 0 aliphatic rings. The van der Waals surface area contributed by atoms with E-state index in [1.807, 2.05) is 24.9 Å². The molecule has 0 spiro atoms. The molecule has 1 aromatic carbocycles. The smallest absolute Gasteiger partial charge is 0.238 e. The fourth-order valence-corrected chi connectivity index (χ4v) is 2.52. The Morgan fingerprint density at radius 1 is 1.30 bits per heavy atom. The minimum absolute atomic E-state index is 0.00615. The molecule has 0 fully saturated rings. The predicted octanol–water partition coefficient (Wildman–Crippen LogP) is 1.45. The lowest BCUT2D eigenvalue weighted by Crippen LogP contribution is -2.19. The maximum Gasteiger partial charge on any atom is 0.238 e. The Hall–Kier alpha value is -1.99. The van der Waals surface area contributed by atoms with Gasteiger partial charge in [0.1, 0.15) is 5.76 Å². The number of nitrogens with two attached hydrogens (primary N) is 2. The topological polar surface area (TPSA) is 103 Å². The Labute approximate surface area is 118 Å². The third-order valence-electron chi connectivity index (χ3n) is 3.11. The quantitative estimate of drug-likeness (QED) is 0.831. The molecule has 1 heterocycles. The number of anilines is 2. The summed E-state index contributed by atoms with van der Waals surface area (Å²) in [6, 6.07) is 6.34. The van der Waals surface area contributed by atoms with Crippen molar-refractivity contribution in [1.29, 1.82) is 0 Å². The number of primary sulfonamides is 1. The van der Waals surface area contributed by atoms with Crippen LogP contribution in [0.2, 0.25) is 0 Å². The third kappa shape index (κ3) is 2.94. The average molecular weight is 295 g/mol. The van der Waals surface area contributed by atoms with Crippen molar-refractivity contribution in [3.8, 4) is 0 Å². The number of hydrogen-bond donors (Lipinski definition) is 2. The van der Waals surface area contributed by atoms with Crippen LogP contribution in [0.3, 0.4) is 0 Å². The summed E-state index contributed by atoms with van der Waals surface area (Å²) in [5, 5.41) is 5.07. The number of hydrogen-bond acceptors (Lipinski definition) is 5. The van der Waals surface area contributed by atoms with E-state index in [4.69, 9.17) is 15.3 Å². The zero-order valence-electron chi connectivity index (χ0n) is 11.3. The number of rotatable bonds is 4. The molecule has 0 saturated carbocycles. The maximum absolute atomic E-state index is 11.3. The minimum atomic E-state index is -3.74.